The highest BCUT2D eigenvalue weighted by Gasteiger charge is 2.21. The molecule has 18 heavy (non-hydrogen) atoms. The summed E-state index contributed by atoms with van der Waals surface area (Å²) in [6.07, 6.45) is 2.31. The van der Waals surface area contributed by atoms with Crippen molar-refractivity contribution in [3.05, 3.63) is 29.3 Å². The number of nitrogens with one attached hydrogen (secondary N) is 1. The van der Waals surface area contributed by atoms with Crippen molar-refractivity contribution in [2.75, 3.05) is 20.1 Å². The van der Waals surface area contributed by atoms with E-state index in [-0.39, 0.29) is 11.7 Å². The van der Waals surface area contributed by atoms with Crippen LogP contribution in [0.1, 0.15) is 28.8 Å². The molecule has 0 radical (unpaired) electrons. The zero-order valence-electron chi connectivity index (χ0n) is 10.9. The van der Waals surface area contributed by atoms with Crippen LogP contribution < -0.4 is 5.32 Å². The van der Waals surface area contributed by atoms with Crippen LogP contribution in [0.15, 0.2) is 18.2 Å². The number of aromatic hydroxyl groups is 1. The predicted molar refractivity (Wildman–Crippen MR) is 70.8 cm³/mol. The van der Waals surface area contributed by atoms with Gasteiger partial charge in [-0.05, 0) is 51.1 Å². The van der Waals surface area contributed by atoms with Gasteiger partial charge in [-0.25, -0.2) is 0 Å². The summed E-state index contributed by atoms with van der Waals surface area (Å²) < 4.78 is 0. The van der Waals surface area contributed by atoms with Crippen molar-refractivity contribution in [2.24, 2.45) is 0 Å². The number of aryl methyl sites for hydroxylation is 1. The van der Waals surface area contributed by atoms with Crippen molar-refractivity contribution in [1.82, 2.24) is 10.2 Å². The first-order chi connectivity index (χ1) is 8.58. The molecule has 98 valence electrons. The molecule has 1 saturated heterocycles. The summed E-state index contributed by atoms with van der Waals surface area (Å²) >= 11 is 0. The van der Waals surface area contributed by atoms with Gasteiger partial charge in [0.25, 0.3) is 5.91 Å². The molecule has 1 atom stereocenters. The zero-order valence-corrected chi connectivity index (χ0v) is 10.9. The lowest BCUT2D eigenvalue weighted by Gasteiger charge is -2.19. The second-order valence-electron chi connectivity index (χ2n) is 5.01. The highest BCUT2D eigenvalue weighted by molar-refractivity contribution is 5.96. The lowest BCUT2D eigenvalue weighted by atomic mass is 10.1. The molecule has 2 rings (SSSR count). The van der Waals surface area contributed by atoms with E-state index in [0.717, 1.165) is 18.5 Å². The van der Waals surface area contributed by atoms with E-state index in [2.05, 4.69) is 17.3 Å². The first kappa shape index (κ1) is 12.9. The van der Waals surface area contributed by atoms with E-state index < -0.39 is 0 Å². The smallest absolute Gasteiger partial charge is 0.255 e. The van der Waals surface area contributed by atoms with Gasteiger partial charge in [-0.2, -0.15) is 0 Å². The Morgan fingerprint density at radius 1 is 1.56 bits per heavy atom. The van der Waals surface area contributed by atoms with Crippen LogP contribution in [-0.4, -0.2) is 42.1 Å². The van der Waals surface area contributed by atoms with Crippen molar-refractivity contribution < 1.29 is 9.90 Å². The minimum Gasteiger partial charge on any atom is -0.507 e. The molecule has 1 heterocycles. The Hall–Kier alpha value is -1.55. The van der Waals surface area contributed by atoms with Crippen LogP contribution in [0.4, 0.5) is 0 Å². The molecule has 1 amide bonds. The number of amides is 1. The SMILES string of the molecule is Cc1ccc(C(=O)NCC2CCCN2C)c(O)c1. The molecular weight excluding hydrogens is 228 g/mol. The first-order valence-corrected chi connectivity index (χ1v) is 6.36. The molecule has 0 saturated carbocycles. The molecule has 1 aromatic carbocycles. The molecular formula is C14H20N2O2. The van der Waals surface area contributed by atoms with Gasteiger partial charge in [0.15, 0.2) is 0 Å². The Labute approximate surface area is 108 Å². The van der Waals surface area contributed by atoms with Crippen LogP contribution in [-0.2, 0) is 0 Å². The van der Waals surface area contributed by atoms with Crippen LogP contribution in [0.25, 0.3) is 0 Å². The second kappa shape index (κ2) is 5.40. The van der Waals surface area contributed by atoms with Gasteiger partial charge in [0.05, 0.1) is 5.56 Å². The van der Waals surface area contributed by atoms with Gasteiger partial charge < -0.3 is 15.3 Å². The number of carbonyl (C=O) groups excluding carboxylic acids is 1. The summed E-state index contributed by atoms with van der Waals surface area (Å²) in [4.78, 5) is 14.2. The van der Waals surface area contributed by atoms with Gasteiger partial charge >= 0.3 is 0 Å². The molecule has 1 aromatic rings. The second-order valence-corrected chi connectivity index (χ2v) is 5.01. The zero-order chi connectivity index (χ0) is 13.1. The third kappa shape index (κ3) is 2.82. The fourth-order valence-electron chi connectivity index (χ4n) is 2.38. The summed E-state index contributed by atoms with van der Waals surface area (Å²) in [5.41, 5.74) is 1.29. The molecule has 0 aliphatic carbocycles. The highest BCUT2D eigenvalue weighted by atomic mass is 16.3. The third-order valence-electron chi connectivity index (χ3n) is 3.57. The molecule has 1 fully saturated rings. The monoisotopic (exact) mass is 248 g/mol. The Morgan fingerprint density at radius 2 is 2.33 bits per heavy atom. The van der Waals surface area contributed by atoms with Gasteiger partial charge in [-0.3, -0.25) is 4.79 Å². The number of likely N-dealkylation sites (N-methyl/N-ethyl adjacent to an activating group) is 1. The van der Waals surface area contributed by atoms with Crippen LogP contribution in [0.2, 0.25) is 0 Å². The van der Waals surface area contributed by atoms with E-state index in [0.29, 0.717) is 18.2 Å². The number of hydrogen-bond donors (Lipinski definition) is 2. The number of phenols is 1. The number of rotatable bonds is 3. The van der Waals surface area contributed by atoms with E-state index in [1.54, 1.807) is 12.1 Å². The van der Waals surface area contributed by atoms with Crippen LogP contribution in [0, 0.1) is 6.92 Å². The van der Waals surface area contributed by atoms with Gasteiger partial charge in [-0.1, -0.05) is 6.07 Å². The highest BCUT2D eigenvalue weighted by Crippen LogP contribution is 2.19. The molecule has 0 spiro atoms. The average molecular weight is 248 g/mol. The summed E-state index contributed by atoms with van der Waals surface area (Å²) in [7, 11) is 2.08. The van der Waals surface area contributed by atoms with Gasteiger partial charge in [0, 0.05) is 12.6 Å². The summed E-state index contributed by atoms with van der Waals surface area (Å²) in [5.74, 6) is -0.153. The molecule has 0 aromatic heterocycles. The molecule has 1 unspecified atom stereocenters. The van der Waals surface area contributed by atoms with Gasteiger partial charge in [-0.15, -0.1) is 0 Å². The van der Waals surface area contributed by atoms with E-state index in [9.17, 15) is 9.90 Å². The summed E-state index contributed by atoms with van der Waals surface area (Å²) in [6, 6.07) is 5.52. The predicted octanol–water partition coefficient (Wildman–Crippen LogP) is 1.52. The van der Waals surface area contributed by atoms with Crippen molar-refractivity contribution in [1.29, 1.82) is 0 Å². The van der Waals surface area contributed by atoms with Crippen molar-refractivity contribution in [3.63, 3.8) is 0 Å². The van der Waals surface area contributed by atoms with Crippen LogP contribution >= 0.6 is 0 Å². The Bertz CT molecular complexity index is 445. The van der Waals surface area contributed by atoms with E-state index in [4.69, 9.17) is 0 Å². The van der Waals surface area contributed by atoms with E-state index >= 15 is 0 Å². The van der Waals surface area contributed by atoms with Crippen molar-refractivity contribution >= 4 is 5.91 Å². The Balaban J connectivity index is 1.95. The Morgan fingerprint density at radius 3 is 2.94 bits per heavy atom. The normalized spacial score (nSPS) is 20.0. The maximum atomic E-state index is 12.0. The molecule has 4 heteroatoms. The minimum atomic E-state index is -0.201. The summed E-state index contributed by atoms with van der Waals surface area (Å²) in [6.45, 7) is 3.62. The number of benzene rings is 1. The number of carbonyl (C=O) groups is 1. The lowest BCUT2D eigenvalue weighted by molar-refractivity contribution is 0.0941. The lowest BCUT2D eigenvalue weighted by Crippen LogP contribution is -2.38. The topological polar surface area (TPSA) is 52.6 Å². The average Bonchev–Trinajstić information content (AvgIpc) is 2.72. The number of likely N-dealkylation sites (tertiary alicyclic amines) is 1. The van der Waals surface area contributed by atoms with Gasteiger partial charge in [0.1, 0.15) is 5.75 Å². The fraction of sp³-hybridized carbons (Fsp3) is 0.500. The fourth-order valence-corrected chi connectivity index (χ4v) is 2.38. The maximum absolute atomic E-state index is 12.0. The molecule has 1 aliphatic rings. The molecule has 4 nitrogen and oxygen atoms in total. The molecule has 0 bridgehead atoms. The van der Waals surface area contributed by atoms with Crippen LogP contribution in [0.3, 0.4) is 0 Å². The number of nitrogens with zero attached hydrogens (tertiary/aromatic N) is 1. The standard InChI is InChI=1S/C14H20N2O2/c1-10-5-6-12(13(17)8-10)14(18)15-9-11-4-3-7-16(11)2/h5-6,8,11,17H,3-4,7,9H2,1-2H3,(H,15,18). The van der Waals surface area contributed by atoms with E-state index in [1.165, 1.54) is 6.42 Å². The van der Waals surface area contributed by atoms with Crippen LogP contribution in [0.5, 0.6) is 5.75 Å². The number of hydrogen-bond acceptors (Lipinski definition) is 3. The van der Waals surface area contributed by atoms with Crippen molar-refractivity contribution in [2.45, 2.75) is 25.8 Å². The molecule has 2 N–H and O–H groups in total. The maximum Gasteiger partial charge on any atom is 0.255 e. The number of phenolic OH excluding ortho intramolecular Hbond substituents is 1. The quantitative estimate of drug-likeness (QED) is 0.853. The third-order valence-corrected chi connectivity index (χ3v) is 3.57. The van der Waals surface area contributed by atoms with Gasteiger partial charge in [0.2, 0.25) is 0 Å². The minimum absolute atomic E-state index is 0.0484. The first-order valence-electron chi connectivity index (χ1n) is 6.36. The summed E-state index contributed by atoms with van der Waals surface area (Å²) in [5, 5.41) is 12.6. The van der Waals surface area contributed by atoms with E-state index in [1.807, 2.05) is 13.0 Å². The Kier molecular flexibility index (Phi) is 3.87. The molecule has 1 aliphatic heterocycles. The van der Waals surface area contributed by atoms with Crippen molar-refractivity contribution in [3.8, 4) is 5.75 Å². The largest absolute Gasteiger partial charge is 0.507 e.